The molecule has 0 unspecified atom stereocenters. The summed E-state index contributed by atoms with van der Waals surface area (Å²) >= 11 is 0. The summed E-state index contributed by atoms with van der Waals surface area (Å²) in [4.78, 5) is 12.0. The van der Waals surface area contributed by atoms with Crippen LogP contribution in [0.15, 0.2) is 73.1 Å². The zero-order valence-electron chi connectivity index (χ0n) is 14.6. The smallest absolute Gasteiger partial charge is 0.244 e. The number of ether oxygens (including phenoxy) is 1. The number of para-hydroxylation sites is 1. The number of carbonyl (C=O) groups is 1. The molecule has 1 N–H and O–H groups in total. The van der Waals surface area contributed by atoms with Crippen molar-refractivity contribution >= 4 is 12.0 Å². The molecule has 1 heterocycles. The summed E-state index contributed by atoms with van der Waals surface area (Å²) in [5, 5.41) is 7.10. The number of benzene rings is 2. The van der Waals surface area contributed by atoms with Crippen molar-refractivity contribution in [2.75, 3.05) is 13.7 Å². The van der Waals surface area contributed by atoms with E-state index >= 15 is 0 Å². The third-order valence-corrected chi connectivity index (χ3v) is 3.97. The maximum atomic E-state index is 12.0. The van der Waals surface area contributed by atoms with Gasteiger partial charge in [0.15, 0.2) is 0 Å². The molecule has 1 aromatic heterocycles. The van der Waals surface area contributed by atoms with Gasteiger partial charge in [-0.25, -0.2) is 4.68 Å². The van der Waals surface area contributed by atoms with Crippen LogP contribution in [0.2, 0.25) is 0 Å². The van der Waals surface area contributed by atoms with Gasteiger partial charge in [0.25, 0.3) is 0 Å². The quantitative estimate of drug-likeness (QED) is 0.668. The van der Waals surface area contributed by atoms with E-state index in [2.05, 4.69) is 10.4 Å². The van der Waals surface area contributed by atoms with Crippen molar-refractivity contribution in [1.29, 1.82) is 0 Å². The molecule has 0 aliphatic carbocycles. The van der Waals surface area contributed by atoms with E-state index in [4.69, 9.17) is 4.74 Å². The molecule has 132 valence electrons. The van der Waals surface area contributed by atoms with Crippen LogP contribution in [0.4, 0.5) is 0 Å². The zero-order valence-corrected chi connectivity index (χ0v) is 14.6. The first-order valence-electron chi connectivity index (χ1n) is 8.44. The summed E-state index contributed by atoms with van der Waals surface area (Å²) in [5.74, 6) is 0.623. The molecule has 5 heteroatoms. The van der Waals surface area contributed by atoms with Gasteiger partial charge >= 0.3 is 0 Å². The van der Waals surface area contributed by atoms with E-state index in [1.807, 2.05) is 65.5 Å². The SMILES string of the molecule is COc1ccccc1/C=C/C(=O)NCCc1ccc(-n2cccn2)cc1. The van der Waals surface area contributed by atoms with Gasteiger partial charge in [-0.2, -0.15) is 5.10 Å². The van der Waals surface area contributed by atoms with Crippen molar-refractivity contribution < 1.29 is 9.53 Å². The molecule has 1 amide bonds. The van der Waals surface area contributed by atoms with Crippen LogP contribution in [0.5, 0.6) is 5.75 Å². The van der Waals surface area contributed by atoms with Crippen molar-refractivity contribution in [2.24, 2.45) is 0 Å². The third-order valence-electron chi connectivity index (χ3n) is 3.97. The Hall–Kier alpha value is -3.34. The van der Waals surface area contributed by atoms with E-state index in [0.717, 1.165) is 29.0 Å². The van der Waals surface area contributed by atoms with Gasteiger partial charge in [-0.3, -0.25) is 4.79 Å². The van der Waals surface area contributed by atoms with Crippen molar-refractivity contribution in [1.82, 2.24) is 15.1 Å². The number of hydrogen-bond acceptors (Lipinski definition) is 3. The summed E-state index contributed by atoms with van der Waals surface area (Å²) in [6.07, 6.45) is 7.71. The highest BCUT2D eigenvalue weighted by molar-refractivity contribution is 5.92. The van der Waals surface area contributed by atoms with Gasteiger partial charge < -0.3 is 10.1 Å². The molecule has 0 radical (unpaired) electrons. The molecular formula is C21H21N3O2. The average Bonchev–Trinajstić information content (AvgIpc) is 3.22. The van der Waals surface area contributed by atoms with Crippen molar-refractivity contribution in [2.45, 2.75) is 6.42 Å². The summed E-state index contributed by atoms with van der Waals surface area (Å²) in [6, 6.07) is 17.6. The Balaban J connectivity index is 1.48. The number of nitrogens with zero attached hydrogens (tertiary/aromatic N) is 2. The van der Waals surface area contributed by atoms with Crippen molar-refractivity contribution in [3.05, 3.63) is 84.2 Å². The fourth-order valence-corrected chi connectivity index (χ4v) is 2.60. The molecule has 0 fully saturated rings. The number of rotatable bonds is 7. The molecule has 0 aliphatic rings. The number of nitrogens with one attached hydrogen (secondary N) is 1. The fourth-order valence-electron chi connectivity index (χ4n) is 2.60. The molecule has 3 rings (SSSR count). The fraction of sp³-hybridized carbons (Fsp3) is 0.143. The van der Waals surface area contributed by atoms with E-state index in [-0.39, 0.29) is 5.91 Å². The molecular weight excluding hydrogens is 326 g/mol. The minimum atomic E-state index is -0.121. The molecule has 26 heavy (non-hydrogen) atoms. The largest absolute Gasteiger partial charge is 0.496 e. The van der Waals surface area contributed by atoms with Crippen LogP contribution in [0.25, 0.3) is 11.8 Å². The number of carbonyl (C=O) groups excluding carboxylic acids is 1. The van der Waals surface area contributed by atoms with E-state index in [1.54, 1.807) is 19.4 Å². The van der Waals surface area contributed by atoms with Crippen LogP contribution >= 0.6 is 0 Å². The second kappa shape index (κ2) is 8.67. The van der Waals surface area contributed by atoms with Crippen molar-refractivity contribution in [3.8, 4) is 11.4 Å². The Kier molecular flexibility index (Phi) is 5.83. The Bertz CT molecular complexity index is 869. The van der Waals surface area contributed by atoms with Crippen LogP contribution in [0, 0.1) is 0 Å². The monoisotopic (exact) mass is 347 g/mol. The predicted molar refractivity (Wildman–Crippen MR) is 102 cm³/mol. The van der Waals surface area contributed by atoms with Crippen molar-refractivity contribution in [3.63, 3.8) is 0 Å². The highest BCUT2D eigenvalue weighted by Gasteiger charge is 2.01. The second-order valence-corrected chi connectivity index (χ2v) is 5.73. The topological polar surface area (TPSA) is 56.1 Å². The molecule has 0 bridgehead atoms. The van der Waals surface area contributed by atoms with Gasteiger partial charge in [0, 0.05) is 30.6 Å². The van der Waals surface area contributed by atoms with Crippen LogP contribution < -0.4 is 10.1 Å². The number of amides is 1. The lowest BCUT2D eigenvalue weighted by Gasteiger charge is -2.06. The van der Waals surface area contributed by atoms with E-state index in [0.29, 0.717) is 6.54 Å². The first-order chi connectivity index (χ1) is 12.8. The summed E-state index contributed by atoms with van der Waals surface area (Å²) < 4.78 is 7.08. The van der Waals surface area contributed by atoms with Gasteiger partial charge in [-0.1, -0.05) is 30.3 Å². The number of methoxy groups -OCH3 is 1. The summed E-state index contributed by atoms with van der Waals surface area (Å²) in [7, 11) is 1.62. The molecule has 0 saturated carbocycles. The highest BCUT2D eigenvalue weighted by atomic mass is 16.5. The average molecular weight is 347 g/mol. The van der Waals surface area contributed by atoms with Crippen LogP contribution in [-0.2, 0) is 11.2 Å². The molecule has 3 aromatic rings. The summed E-state index contributed by atoms with van der Waals surface area (Å²) in [5.41, 5.74) is 3.05. The van der Waals surface area contributed by atoms with Gasteiger partial charge in [-0.15, -0.1) is 0 Å². The lowest BCUT2D eigenvalue weighted by atomic mass is 10.1. The molecule has 2 aromatic carbocycles. The molecule has 0 spiro atoms. The molecule has 0 aliphatic heterocycles. The van der Waals surface area contributed by atoms with Gasteiger partial charge in [-0.05, 0) is 42.3 Å². The maximum Gasteiger partial charge on any atom is 0.244 e. The lowest BCUT2D eigenvalue weighted by Crippen LogP contribution is -2.23. The van der Waals surface area contributed by atoms with Gasteiger partial charge in [0.05, 0.1) is 12.8 Å². The Labute approximate surface area is 152 Å². The summed E-state index contributed by atoms with van der Waals surface area (Å²) in [6.45, 7) is 0.580. The maximum absolute atomic E-state index is 12.0. The van der Waals surface area contributed by atoms with Crippen LogP contribution in [0.3, 0.4) is 0 Å². The molecule has 0 saturated heterocycles. The number of aromatic nitrogens is 2. The van der Waals surface area contributed by atoms with Gasteiger partial charge in [0.1, 0.15) is 5.75 Å². The Morgan fingerprint density at radius 3 is 2.69 bits per heavy atom. The molecule has 5 nitrogen and oxygen atoms in total. The normalized spacial score (nSPS) is 10.8. The minimum absolute atomic E-state index is 0.121. The Morgan fingerprint density at radius 2 is 1.96 bits per heavy atom. The van der Waals surface area contributed by atoms with Gasteiger partial charge in [0.2, 0.25) is 5.91 Å². The van der Waals surface area contributed by atoms with E-state index in [9.17, 15) is 4.79 Å². The zero-order chi connectivity index (χ0) is 18.2. The second-order valence-electron chi connectivity index (χ2n) is 5.73. The van der Waals surface area contributed by atoms with E-state index in [1.165, 1.54) is 6.08 Å². The Morgan fingerprint density at radius 1 is 1.15 bits per heavy atom. The standard InChI is InChI=1S/C21H21N3O2/c1-26-20-6-3-2-5-18(20)9-12-21(25)22-15-13-17-7-10-19(11-8-17)24-16-4-14-23-24/h2-12,14,16H,13,15H2,1H3,(H,22,25)/b12-9+. The first kappa shape index (κ1) is 17.5. The highest BCUT2D eigenvalue weighted by Crippen LogP contribution is 2.18. The first-order valence-corrected chi connectivity index (χ1v) is 8.44. The minimum Gasteiger partial charge on any atom is -0.496 e. The number of hydrogen-bond donors (Lipinski definition) is 1. The van der Waals surface area contributed by atoms with Crippen LogP contribution in [-0.4, -0.2) is 29.3 Å². The van der Waals surface area contributed by atoms with E-state index < -0.39 is 0 Å². The lowest BCUT2D eigenvalue weighted by molar-refractivity contribution is -0.116. The third kappa shape index (κ3) is 4.60. The predicted octanol–water partition coefficient (Wildman–Crippen LogP) is 3.25. The van der Waals surface area contributed by atoms with Crippen LogP contribution in [0.1, 0.15) is 11.1 Å². The molecule has 0 atom stereocenters.